The molecule has 2 atom stereocenters. The van der Waals surface area contributed by atoms with Crippen molar-refractivity contribution in [2.75, 3.05) is 36.1 Å². The van der Waals surface area contributed by atoms with Crippen LogP contribution in [0.15, 0.2) is 36.5 Å². The molecule has 0 spiro atoms. The molecule has 0 bridgehead atoms. The van der Waals surface area contributed by atoms with Gasteiger partial charge in [0, 0.05) is 43.5 Å². The fourth-order valence-corrected chi connectivity index (χ4v) is 4.35. The fraction of sp³-hybridized carbons (Fsp3) is 0.409. The number of rotatable bonds is 3. The molecule has 0 saturated carbocycles. The molecule has 2 aliphatic rings. The summed E-state index contributed by atoms with van der Waals surface area (Å²) < 4.78 is 5.39. The molecule has 8 heteroatoms. The van der Waals surface area contributed by atoms with Crippen molar-refractivity contribution in [2.24, 2.45) is 0 Å². The highest BCUT2D eigenvalue weighted by Gasteiger charge is 2.33. The largest absolute Gasteiger partial charge is 0.465 e. The first-order valence-electron chi connectivity index (χ1n) is 10.2. The molecule has 158 valence electrons. The Morgan fingerprint density at radius 3 is 2.53 bits per heavy atom. The summed E-state index contributed by atoms with van der Waals surface area (Å²) in [5, 5.41) is 11.9. The molecule has 2 amide bonds. The van der Waals surface area contributed by atoms with Crippen molar-refractivity contribution in [1.29, 1.82) is 0 Å². The fourth-order valence-electron chi connectivity index (χ4n) is 4.35. The van der Waals surface area contributed by atoms with Gasteiger partial charge in [0.1, 0.15) is 5.82 Å². The number of morpholine rings is 1. The zero-order chi connectivity index (χ0) is 21.3. The van der Waals surface area contributed by atoms with E-state index in [1.54, 1.807) is 4.90 Å². The van der Waals surface area contributed by atoms with Crippen LogP contribution in [0.4, 0.5) is 16.3 Å². The molecule has 1 aromatic heterocycles. The smallest absolute Gasteiger partial charge is 0.405 e. The summed E-state index contributed by atoms with van der Waals surface area (Å²) >= 11 is 0. The van der Waals surface area contributed by atoms with E-state index < -0.39 is 6.09 Å². The van der Waals surface area contributed by atoms with Gasteiger partial charge >= 0.3 is 6.09 Å². The van der Waals surface area contributed by atoms with Crippen LogP contribution in [0.1, 0.15) is 31.9 Å². The number of carbonyl (C=O) groups excluding carboxylic acids is 1. The van der Waals surface area contributed by atoms with Crippen LogP contribution in [0.3, 0.4) is 0 Å². The third-order valence-electron chi connectivity index (χ3n) is 5.73. The maximum absolute atomic E-state index is 12.2. The van der Waals surface area contributed by atoms with Crippen LogP contribution in [0.25, 0.3) is 11.1 Å². The number of hydrogen-bond acceptors (Lipinski definition) is 5. The van der Waals surface area contributed by atoms with Crippen molar-refractivity contribution in [1.82, 2.24) is 10.3 Å². The van der Waals surface area contributed by atoms with E-state index in [4.69, 9.17) is 4.74 Å². The lowest BCUT2D eigenvalue weighted by Gasteiger charge is -2.39. The molecule has 4 rings (SSSR count). The van der Waals surface area contributed by atoms with E-state index >= 15 is 0 Å². The van der Waals surface area contributed by atoms with Crippen LogP contribution in [-0.2, 0) is 9.53 Å². The Hall–Kier alpha value is -3.13. The monoisotopic (exact) mass is 410 g/mol. The van der Waals surface area contributed by atoms with E-state index in [1.165, 1.54) is 6.92 Å². The number of fused-ring (bicyclic) bond motifs is 1. The SMILES string of the molecule is CC(=O)N1c2ccc(-c3ccc(N4CCOCC4)nc3)cc2C(NC(=O)O)CC1C. The maximum Gasteiger partial charge on any atom is 0.405 e. The number of hydrogen-bond donors (Lipinski definition) is 2. The normalized spacial score (nSPS) is 21.1. The minimum absolute atomic E-state index is 0.0539. The summed E-state index contributed by atoms with van der Waals surface area (Å²) in [6.45, 7) is 6.53. The number of amides is 2. The lowest BCUT2D eigenvalue weighted by molar-refractivity contribution is -0.117. The van der Waals surface area contributed by atoms with Crippen LogP contribution < -0.4 is 15.1 Å². The highest BCUT2D eigenvalue weighted by atomic mass is 16.5. The van der Waals surface area contributed by atoms with Crippen LogP contribution >= 0.6 is 0 Å². The predicted octanol–water partition coefficient (Wildman–Crippen LogP) is 3.04. The van der Waals surface area contributed by atoms with E-state index in [0.29, 0.717) is 19.6 Å². The van der Waals surface area contributed by atoms with Crippen molar-refractivity contribution in [3.63, 3.8) is 0 Å². The molecule has 30 heavy (non-hydrogen) atoms. The topological polar surface area (TPSA) is 95.0 Å². The molecule has 1 saturated heterocycles. The van der Waals surface area contributed by atoms with Gasteiger partial charge in [-0.15, -0.1) is 0 Å². The molecule has 8 nitrogen and oxygen atoms in total. The van der Waals surface area contributed by atoms with Crippen LogP contribution in [0.2, 0.25) is 0 Å². The van der Waals surface area contributed by atoms with Gasteiger partial charge in [0.25, 0.3) is 0 Å². The first-order valence-corrected chi connectivity index (χ1v) is 10.2. The number of carboxylic acid groups (broad SMARTS) is 1. The number of pyridine rings is 1. The van der Waals surface area contributed by atoms with Crippen molar-refractivity contribution in [2.45, 2.75) is 32.4 Å². The van der Waals surface area contributed by atoms with Gasteiger partial charge in [-0.3, -0.25) is 4.79 Å². The van der Waals surface area contributed by atoms with Crippen molar-refractivity contribution in [3.05, 3.63) is 42.1 Å². The third kappa shape index (κ3) is 3.95. The first kappa shape index (κ1) is 20.2. The van der Waals surface area contributed by atoms with Crippen LogP contribution in [0.5, 0.6) is 0 Å². The Morgan fingerprint density at radius 1 is 1.17 bits per heavy atom. The summed E-state index contributed by atoms with van der Waals surface area (Å²) in [7, 11) is 0. The number of nitrogens with zero attached hydrogens (tertiary/aromatic N) is 3. The minimum atomic E-state index is -1.07. The van der Waals surface area contributed by atoms with Gasteiger partial charge in [0.05, 0.1) is 19.3 Å². The average Bonchev–Trinajstić information content (AvgIpc) is 2.73. The minimum Gasteiger partial charge on any atom is -0.465 e. The Labute approximate surface area is 175 Å². The van der Waals surface area contributed by atoms with Gasteiger partial charge in [0.15, 0.2) is 0 Å². The third-order valence-corrected chi connectivity index (χ3v) is 5.73. The van der Waals surface area contributed by atoms with Gasteiger partial charge in [-0.2, -0.15) is 0 Å². The summed E-state index contributed by atoms with van der Waals surface area (Å²) in [4.78, 5) is 32.1. The molecule has 0 radical (unpaired) electrons. The number of ether oxygens (including phenoxy) is 1. The number of carbonyl (C=O) groups is 2. The zero-order valence-corrected chi connectivity index (χ0v) is 17.2. The first-order chi connectivity index (χ1) is 14.4. The van der Waals surface area contributed by atoms with E-state index in [2.05, 4.69) is 15.2 Å². The second-order valence-corrected chi connectivity index (χ2v) is 7.75. The van der Waals surface area contributed by atoms with E-state index in [1.807, 2.05) is 43.5 Å². The quantitative estimate of drug-likeness (QED) is 0.808. The van der Waals surface area contributed by atoms with Gasteiger partial charge in [0.2, 0.25) is 5.91 Å². The number of benzene rings is 1. The zero-order valence-electron chi connectivity index (χ0n) is 17.2. The molecule has 3 heterocycles. The molecule has 1 fully saturated rings. The average molecular weight is 410 g/mol. The van der Waals surface area contributed by atoms with Gasteiger partial charge in [-0.25, -0.2) is 9.78 Å². The number of aromatic nitrogens is 1. The molecule has 2 aromatic rings. The summed E-state index contributed by atoms with van der Waals surface area (Å²) in [6.07, 6.45) is 1.29. The lowest BCUT2D eigenvalue weighted by Crippen LogP contribution is -2.45. The van der Waals surface area contributed by atoms with E-state index in [9.17, 15) is 14.7 Å². The molecule has 0 aliphatic carbocycles. The van der Waals surface area contributed by atoms with Crippen LogP contribution in [-0.4, -0.2) is 54.4 Å². The Bertz CT molecular complexity index is 941. The maximum atomic E-state index is 12.2. The van der Waals surface area contributed by atoms with Gasteiger partial charge < -0.3 is 25.0 Å². The highest BCUT2D eigenvalue weighted by molar-refractivity contribution is 5.94. The van der Waals surface area contributed by atoms with E-state index in [-0.39, 0.29) is 18.0 Å². The second kappa shape index (κ2) is 8.31. The van der Waals surface area contributed by atoms with Gasteiger partial charge in [-0.05, 0) is 48.7 Å². The lowest BCUT2D eigenvalue weighted by atomic mass is 9.89. The van der Waals surface area contributed by atoms with Crippen molar-refractivity contribution in [3.8, 4) is 11.1 Å². The number of nitrogens with one attached hydrogen (secondary N) is 1. The van der Waals surface area contributed by atoms with Gasteiger partial charge in [-0.1, -0.05) is 6.07 Å². The highest BCUT2D eigenvalue weighted by Crippen LogP contribution is 2.39. The summed E-state index contributed by atoms with van der Waals surface area (Å²) in [5.41, 5.74) is 3.43. The Morgan fingerprint density at radius 2 is 1.90 bits per heavy atom. The predicted molar refractivity (Wildman–Crippen MR) is 114 cm³/mol. The molecule has 2 unspecified atom stereocenters. The molecule has 2 aliphatic heterocycles. The molecular weight excluding hydrogens is 384 g/mol. The van der Waals surface area contributed by atoms with E-state index in [0.717, 1.165) is 41.3 Å². The van der Waals surface area contributed by atoms with Crippen molar-refractivity contribution >= 4 is 23.5 Å². The van der Waals surface area contributed by atoms with Crippen molar-refractivity contribution < 1.29 is 19.4 Å². The standard InChI is InChI=1S/C22H26N4O4/c1-14-11-19(24-22(28)29)18-12-16(3-5-20(18)26(14)15(2)27)17-4-6-21(23-13-17)25-7-9-30-10-8-25/h3-6,12-14,19,24H,7-11H2,1-2H3,(H,28,29). The number of anilines is 2. The molecular formula is C22H26N4O4. The second-order valence-electron chi connectivity index (χ2n) is 7.75. The molecule has 2 N–H and O–H groups in total. The summed E-state index contributed by atoms with van der Waals surface area (Å²) in [5.74, 6) is 0.865. The van der Waals surface area contributed by atoms with Crippen LogP contribution in [0, 0.1) is 0 Å². The Kier molecular flexibility index (Phi) is 5.59. The molecule has 1 aromatic carbocycles. The Balaban J connectivity index is 1.67. The summed E-state index contributed by atoms with van der Waals surface area (Å²) in [6, 6.07) is 9.37.